The highest BCUT2D eigenvalue weighted by Gasteiger charge is 2.24. The van der Waals surface area contributed by atoms with Crippen LogP contribution >= 0.6 is 0 Å². The summed E-state index contributed by atoms with van der Waals surface area (Å²) in [4.78, 5) is 25.3. The zero-order valence-corrected chi connectivity index (χ0v) is 16.1. The molecule has 1 aliphatic heterocycles. The summed E-state index contributed by atoms with van der Waals surface area (Å²) < 4.78 is 5.21. The first-order chi connectivity index (χ1) is 13.6. The number of furan rings is 1. The van der Waals surface area contributed by atoms with Gasteiger partial charge in [-0.1, -0.05) is 6.07 Å². The van der Waals surface area contributed by atoms with Gasteiger partial charge >= 0.3 is 0 Å². The van der Waals surface area contributed by atoms with Gasteiger partial charge in [0.2, 0.25) is 5.95 Å². The second-order valence-electron chi connectivity index (χ2n) is 6.92. The van der Waals surface area contributed by atoms with Crippen LogP contribution in [0.4, 0.5) is 17.5 Å². The number of carbonyl (C=O) groups excluding carboxylic acids is 1. The molecule has 0 spiro atoms. The third-order valence-corrected chi connectivity index (χ3v) is 5.03. The van der Waals surface area contributed by atoms with E-state index in [9.17, 15) is 4.79 Å². The van der Waals surface area contributed by atoms with Gasteiger partial charge in [-0.15, -0.1) is 0 Å². The van der Waals surface area contributed by atoms with E-state index >= 15 is 0 Å². The van der Waals surface area contributed by atoms with Gasteiger partial charge in [0.05, 0.1) is 6.26 Å². The summed E-state index contributed by atoms with van der Waals surface area (Å²) in [6.07, 6.45) is 3.28. The first kappa shape index (κ1) is 18.0. The van der Waals surface area contributed by atoms with Crippen LogP contribution in [0.2, 0.25) is 0 Å². The van der Waals surface area contributed by atoms with Gasteiger partial charge in [-0.05, 0) is 55.3 Å². The number of hydrogen-bond donors (Lipinski definition) is 1. The average molecular weight is 377 g/mol. The highest BCUT2D eigenvalue weighted by atomic mass is 16.3. The van der Waals surface area contributed by atoms with E-state index in [4.69, 9.17) is 4.42 Å². The minimum absolute atomic E-state index is 0.0653. The van der Waals surface area contributed by atoms with E-state index in [2.05, 4.69) is 46.2 Å². The lowest BCUT2D eigenvalue weighted by molar-refractivity contribution is 0.0714. The molecule has 0 aliphatic carbocycles. The monoisotopic (exact) mass is 377 g/mol. The van der Waals surface area contributed by atoms with Crippen molar-refractivity contribution in [3.63, 3.8) is 0 Å². The second kappa shape index (κ2) is 7.72. The SMILES string of the molecule is Cc1ccc(Nc2nccc(N3CCN(C(=O)c4ccco4)CC3)n2)cc1C. The lowest BCUT2D eigenvalue weighted by atomic mass is 10.1. The van der Waals surface area contributed by atoms with Gasteiger partial charge in [0.25, 0.3) is 5.91 Å². The molecule has 144 valence electrons. The Morgan fingerprint density at radius 1 is 1.07 bits per heavy atom. The molecule has 7 heteroatoms. The summed E-state index contributed by atoms with van der Waals surface area (Å²) in [5.74, 6) is 1.74. The number of nitrogens with zero attached hydrogens (tertiary/aromatic N) is 4. The van der Waals surface area contributed by atoms with E-state index in [0.717, 1.165) is 11.5 Å². The molecule has 0 bridgehead atoms. The minimum Gasteiger partial charge on any atom is -0.459 e. The fourth-order valence-corrected chi connectivity index (χ4v) is 3.23. The van der Waals surface area contributed by atoms with Gasteiger partial charge in [0.15, 0.2) is 5.76 Å². The van der Waals surface area contributed by atoms with Crippen molar-refractivity contribution in [2.75, 3.05) is 36.4 Å². The van der Waals surface area contributed by atoms with Crippen LogP contribution in [0.3, 0.4) is 0 Å². The molecule has 4 rings (SSSR count). The third kappa shape index (κ3) is 3.83. The average Bonchev–Trinajstić information content (AvgIpc) is 3.25. The number of carbonyl (C=O) groups is 1. The van der Waals surface area contributed by atoms with E-state index < -0.39 is 0 Å². The predicted molar refractivity (Wildman–Crippen MR) is 108 cm³/mol. The number of hydrogen-bond acceptors (Lipinski definition) is 6. The van der Waals surface area contributed by atoms with E-state index in [1.807, 2.05) is 17.0 Å². The molecular formula is C21H23N5O2. The maximum absolute atomic E-state index is 12.4. The molecule has 1 fully saturated rings. The van der Waals surface area contributed by atoms with Crippen molar-refractivity contribution in [1.29, 1.82) is 0 Å². The molecule has 0 unspecified atom stereocenters. The number of aromatic nitrogens is 2. The van der Waals surface area contributed by atoms with Crippen molar-refractivity contribution < 1.29 is 9.21 Å². The smallest absolute Gasteiger partial charge is 0.289 e. The molecule has 28 heavy (non-hydrogen) atoms. The van der Waals surface area contributed by atoms with Crippen molar-refractivity contribution in [1.82, 2.24) is 14.9 Å². The standard InChI is InChI=1S/C21H23N5O2/c1-15-5-6-17(14-16(15)2)23-21-22-8-7-19(24-21)25-9-11-26(12-10-25)20(27)18-4-3-13-28-18/h3-8,13-14H,9-12H2,1-2H3,(H,22,23,24). The Labute approximate surface area is 164 Å². The van der Waals surface area contributed by atoms with Crippen molar-refractivity contribution in [3.8, 4) is 0 Å². The van der Waals surface area contributed by atoms with E-state index in [1.165, 1.54) is 17.4 Å². The predicted octanol–water partition coefficient (Wildman–Crippen LogP) is 3.39. The molecule has 0 radical (unpaired) electrons. The van der Waals surface area contributed by atoms with Crippen LogP contribution in [0.1, 0.15) is 21.7 Å². The Morgan fingerprint density at radius 2 is 1.89 bits per heavy atom. The van der Waals surface area contributed by atoms with Crippen molar-refractivity contribution in [3.05, 3.63) is 65.7 Å². The summed E-state index contributed by atoms with van der Waals surface area (Å²) in [5, 5.41) is 3.27. The highest BCUT2D eigenvalue weighted by molar-refractivity contribution is 5.91. The number of rotatable bonds is 4. The Hall–Kier alpha value is -3.35. The molecule has 1 amide bonds. The molecule has 3 heterocycles. The Morgan fingerprint density at radius 3 is 2.61 bits per heavy atom. The van der Waals surface area contributed by atoms with Crippen LogP contribution in [0.25, 0.3) is 0 Å². The second-order valence-corrected chi connectivity index (χ2v) is 6.92. The summed E-state index contributed by atoms with van der Waals surface area (Å²) in [7, 11) is 0. The van der Waals surface area contributed by atoms with Crippen LogP contribution < -0.4 is 10.2 Å². The number of aryl methyl sites for hydroxylation is 2. The molecular weight excluding hydrogens is 354 g/mol. The van der Waals surface area contributed by atoms with Crippen LogP contribution in [-0.4, -0.2) is 47.0 Å². The van der Waals surface area contributed by atoms with Gasteiger partial charge in [-0.3, -0.25) is 4.79 Å². The van der Waals surface area contributed by atoms with Crippen molar-refractivity contribution >= 4 is 23.4 Å². The van der Waals surface area contributed by atoms with Gasteiger partial charge in [0.1, 0.15) is 5.82 Å². The van der Waals surface area contributed by atoms with Gasteiger partial charge in [-0.2, -0.15) is 4.98 Å². The molecule has 0 saturated carbocycles. The number of anilines is 3. The number of piperazine rings is 1. The maximum Gasteiger partial charge on any atom is 0.289 e. The van der Waals surface area contributed by atoms with E-state index in [0.29, 0.717) is 37.9 Å². The molecule has 2 aromatic heterocycles. The topological polar surface area (TPSA) is 74.5 Å². The number of amides is 1. The fraction of sp³-hybridized carbons (Fsp3) is 0.286. The fourth-order valence-electron chi connectivity index (χ4n) is 3.23. The summed E-state index contributed by atoms with van der Waals surface area (Å²) >= 11 is 0. The highest BCUT2D eigenvalue weighted by Crippen LogP contribution is 2.20. The molecule has 1 aromatic carbocycles. The first-order valence-electron chi connectivity index (χ1n) is 9.35. The summed E-state index contributed by atoms with van der Waals surface area (Å²) in [6, 6.07) is 11.5. The maximum atomic E-state index is 12.4. The zero-order chi connectivity index (χ0) is 19.5. The van der Waals surface area contributed by atoms with E-state index in [-0.39, 0.29) is 5.91 Å². The molecule has 1 saturated heterocycles. The van der Waals surface area contributed by atoms with E-state index in [1.54, 1.807) is 18.3 Å². The van der Waals surface area contributed by atoms with Crippen LogP contribution in [0.15, 0.2) is 53.3 Å². The quantitative estimate of drug-likeness (QED) is 0.751. The third-order valence-electron chi connectivity index (χ3n) is 5.03. The lowest BCUT2D eigenvalue weighted by Gasteiger charge is -2.35. The van der Waals surface area contributed by atoms with Crippen LogP contribution in [-0.2, 0) is 0 Å². The molecule has 1 aliphatic rings. The van der Waals surface area contributed by atoms with Crippen molar-refractivity contribution in [2.45, 2.75) is 13.8 Å². The minimum atomic E-state index is -0.0653. The first-order valence-corrected chi connectivity index (χ1v) is 9.35. The Balaban J connectivity index is 1.41. The molecule has 1 N–H and O–H groups in total. The van der Waals surface area contributed by atoms with Crippen LogP contribution in [0, 0.1) is 13.8 Å². The van der Waals surface area contributed by atoms with Gasteiger partial charge < -0.3 is 19.5 Å². The largest absolute Gasteiger partial charge is 0.459 e. The number of nitrogens with one attached hydrogen (secondary N) is 1. The normalized spacial score (nSPS) is 14.2. The van der Waals surface area contributed by atoms with Crippen molar-refractivity contribution in [2.24, 2.45) is 0 Å². The summed E-state index contributed by atoms with van der Waals surface area (Å²) in [5.41, 5.74) is 3.44. The Bertz CT molecular complexity index is 963. The molecule has 7 nitrogen and oxygen atoms in total. The van der Waals surface area contributed by atoms with Crippen LogP contribution in [0.5, 0.6) is 0 Å². The van der Waals surface area contributed by atoms with Gasteiger partial charge in [0, 0.05) is 38.1 Å². The Kier molecular flexibility index (Phi) is 4.97. The lowest BCUT2D eigenvalue weighted by Crippen LogP contribution is -2.49. The summed E-state index contributed by atoms with van der Waals surface area (Å²) in [6.45, 7) is 6.86. The molecule has 3 aromatic rings. The number of benzene rings is 1. The zero-order valence-electron chi connectivity index (χ0n) is 16.1. The van der Waals surface area contributed by atoms with Gasteiger partial charge in [-0.25, -0.2) is 4.98 Å². The molecule has 0 atom stereocenters.